The molecule has 0 radical (unpaired) electrons. The van der Waals surface area contributed by atoms with Crippen LogP contribution in [0.2, 0.25) is 5.02 Å². The highest BCUT2D eigenvalue weighted by Crippen LogP contribution is 2.20. The number of halogens is 1. The molecule has 4 heteroatoms. The van der Waals surface area contributed by atoms with Gasteiger partial charge in [-0.1, -0.05) is 17.7 Å². The summed E-state index contributed by atoms with van der Waals surface area (Å²) < 4.78 is 5.62. The Balaban J connectivity index is 1.90. The van der Waals surface area contributed by atoms with E-state index < -0.39 is 0 Å². The largest absolute Gasteiger partial charge is 0.398 e. The zero-order chi connectivity index (χ0) is 12.3. The number of rotatable bonds is 4. The van der Waals surface area contributed by atoms with Gasteiger partial charge in [-0.15, -0.1) is 0 Å². The first-order valence-electron chi connectivity index (χ1n) is 5.99. The van der Waals surface area contributed by atoms with E-state index in [9.17, 15) is 0 Å². The molecule has 1 aromatic carbocycles. The minimum Gasteiger partial charge on any atom is -0.398 e. The molecule has 0 saturated carbocycles. The lowest BCUT2D eigenvalue weighted by Gasteiger charge is -2.21. The number of likely N-dealkylation sites (N-methyl/N-ethyl adjacent to an activating group) is 1. The summed E-state index contributed by atoms with van der Waals surface area (Å²) in [6.07, 6.45) is 2.73. The van der Waals surface area contributed by atoms with Crippen LogP contribution in [0.3, 0.4) is 0 Å². The predicted molar refractivity (Wildman–Crippen MR) is 71.2 cm³/mol. The fourth-order valence-electron chi connectivity index (χ4n) is 2.20. The van der Waals surface area contributed by atoms with Crippen molar-refractivity contribution >= 4 is 17.3 Å². The molecule has 1 fully saturated rings. The van der Waals surface area contributed by atoms with Gasteiger partial charge in [0.2, 0.25) is 0 Å². The first-order valence-corrected chi connectivity index (χ1v) is 6.37. The molecular formula is C13H19ClN2O. The molecule has 1 aliphatic heterocycles. The van der Waals surface area contributed by atoms with Gasteiger partial charge in [0.1, 0.15) is 0 Å². The molecule has 1 atom stereocenters. The number of hydrogen-bond acceptors (Lipinski definition) is 3. The normalized spacial score (nSPS) is 20.1. The summed E-state index contributed by atoms with van der Waals surface area (Å²) in [6.45, 7) is 2.70. The summed E-state index contributed by atoms with van der Waals surface area (Å²) in [6, 6.07) is 5.67. The van der Waals surface area contributed by atoms with E-state index in [1.165, 1.54) is 12.8 Å². The highest BCUT2D eigenvalue weighted by Gasteiger charge is 2.17. The molecule has 1 aromatic rings. The lowest BCUT2D eigenvalue weighted by molar-refractivity contribution is 0.0794. The second-order valence-electron chi connectivity index (χ2n) is 4.67. The van der Waals surface area contributed by atoms with Gasteiger partial charge in [0, 0.05) is 30.4 Å². The minimum absolute atomic E-state index is 0.383. The van der Waals surface area contributed by atoms with Crippen LogP contribution in [0.1, 0.15) is 18.4 Å². The van der Waals surface area contributed by atoms with Crippen molar-refractivity contribution in [3.63, 3.8) is 0 Å². The van der Waals surface area contributed by atoms with E-state index in [1.807, 2.05) is 12.1 Å². The summed E-state index contributed by atoms with van der Waals surface area (Å²) in [4.78, 5) is 2.25. The van der Waals surface area contributed by atoms with Crippen LogP contribution >= 0.6 is 11.6 Å². The van der Waals surface area contributed by atoms with E-state index in [-0.39, 0.29) is 0 Å². The summed E-state index contributed by atoms with van der Waals surface area (Å²) in [5.41, 5.74) is 7.82. The van der Waals surface area contributed by atoms with E-state index in [0.29, 0.717) is 11.1 Å². The summed E-state index contributed by atoms with van der Waals surface area (Å²) in [5, 5.41) is 0.688. The summed E-state index contributed by atoms with van der Waals surface area (Å²) in [7, 11) is 2.09. The first kappa shape index (κ1) is 12.7. The number of nitrogen functional groups attached to an aromatic ring is 1. The zero-order valence-corrected chi connectivity index (χ0v) is 10.9. The molecule has 3 nitrogen and oxygen atoms in total. The smallest absolute Gasteiger partial charge is 0.0702 e. The molecular weight excluding hydrogens is 236 g/mol. The van der Waals surface area contributed by atoms with E-state index in [0.717, 1.165) is 30.9 Å². The third-order valence-electron chi connectivity index (χ3n) is 3.09. The number of hydrogen-bond donors (Lipinski definition) is 1. The third kappa shape index (κ3) is 3.60. The molecule has 17 heavy (non-hydrogen) atoms. The summed E-state index contributed by atoms with van der Waals surface area (Å²) in [5.74, 6) is 0. The van der Waals surface area contributed by atoms with E-state index in [2.05, 4.69) is 11.9 Å². The zero-order valence-electron chi connectivity index (χ0n) is 10.2. The minimum atomic E-state index is 0.383. The molecule has 2 N–H and O–H groups in total. The molecule has 0 aromatic heterocycles. The van der Waals surface area contributed by atoms with Gasteiger partial charge in [-0.3, -0.25) is 4.90 Å². The highest BCUT2D eigenvalue weighted by molar-refractivity contribution is 6.30. The Morgan fingerprint density at radius 2 is 2.35 bits per heavy atom. The maximum absolute atomic E-state index is 5.94. The molecule has 1 unspecified atom stereocenters. The average Bonchev–Trinajstić information content (AvgIpc) is 2.75. The van der Waals surface area contributed by atoms with E-state index >= 15 is 0 Å². The number of benzene rings is 1. The molecule has 0 spiro atoms. The van der Waals surface area contributed by atoms with Gasteiger partial charge in [-0.2, -0.15) is 0 Å². The van der Waals surface area contributed by atoms with Gasteiger partial charge in [-0.05, 0) is 37.6 Å². The Labute approximate surface area is 107 Å². The van der Waals surface area contributed by atoms with Crippen molar-refractivity contribution in [1.29, 1.82) is 0 Å². The van der Waals surface area contributed by atoms with Crippen LogP contribution in [0, 0.1) is 0 Å². The third-order valence-corrected chi connectivity index (χ3v) is 3.32. The van der Waals surface area contributed by atoms with Crippen molar-refractivity contribution in [1.82, 2.24) is 4.90 Å². The Morgan fingerprint density at radius 3 is 3.00 bits per heavy atom. The number of nitrogens with two attached hydrogens (primary N) is 1. The topological polar surface area (TPSA) is 38.5 Å². The van der Waals surface area contributed by atoms with Crippen LogP contribution in [-0.4, -0.2) is 31.2 Å². The van der Waals surface area contributed by atoms with Gasteiger partial charge in [0.25, 0.3) is 0 Å². The van der Waals surface area contributed by atoms with Crippen molar-refractivity contribution in [3.05, 3.63) is 28.8 Å². The maximum Gasteiger partial charge on any atom is 0.0702 e. The fraction of sp³-hybridized carbons (Fsp3) is 0.538. The molecule has 0 aliphatic carbocycles. The van der Waals surface area contributed by atoms with Crippen LogP contribution in [0.25, 0.3) is 0 Å². The fourth-order valence-corrected chi connectivity index (χ4v) is 2.38. The second kappa shape index (κ2) is 5.71. The molecule has 1 aliphatic rings. The van der Waals surface area contributed by atoms with Crippen LogP contribution in [0.4, 0.5) is 5.69 Å². The van der Waals surface area contributed by atoms with Crippen molar-refractivity contribution in [2.75, 3.05) is 25.9 Å². The van der Waals surface area contributed by atoms with Crippen molar-refractivity contribution in [2.45, 2.75) is 25.5 Å². The van der Waals surface area contributed by atoms with Gasteiger partial charge in [0.05, 0.1) is 6.10 Å². The van der Waals surface area contributed by atoms with Crippen molar-refractivity contribution in [3.8, 4) is 0 Å². The standard InChI is InChI=1S/C13H19ClN2O/c1-16(9-12-3-2-6-17-12)8-10-4-5-11(14)7-13(10)15/h4-5,7,12H,2-3,6,8-9,15H2,1H3. The summed E-state index contributed by atoms with van der Waals surface area (Å²) >= 11 is 5.88. The van der Waals surface area contributed by atoms with E-state index in [4.69, 9.17) is 22.1 Å². The first-order chi connectivity index (χ1) is 8.15. The monoisotopic (exact) mass is 254 g/mol. The highest BCUT2D eigenvalue weighted by atomic mass is 35.5. The molecule has 2 rings (SSSR count). The molecule has 1 heterocycles. The second-order valence-corrected chi connectivity index (χ2v) is 5.11. The Hall–Kier alpha value is -0.770. The maximum atomic E-state index is 5.94. The van der Waals surface area contributed by atoms with Gasteiger partial charge < -0.3 is 10.5 Å². The van der Waals surface area contributed by atoms with Crippen molar-refractivity contribution in [2.24, 2.45) is 0 Å². The molecule has 0 amide bonds. The van der Waals surface area contributed by atoms with E-state index in [1.54, 1.807) is 6.07 Å². The molecule has 94 valence electrons. The number of ether oxygens (including phenoxy) is 1. The number of nitrogens with zero attached hydrogens (tertiary/aromatic N) is 1. The Kier molecular flexibility index (Phi) is 4.26. The molecule has 0 bridgehead atoms. The van der Waals surface area contributed by atoms with Gasteiger partial charge >= 0.3 is 0 Å². The SMILES string of the molecule is CN(Cc1ccc(Cl)cc1N)CC1CCCO1. The number of anilines is 1. The van der Waals surface area contributed by atoms with Crippen LogP contribution in [0.15, 0.2) is 18.2 Å². The predicted octanol–water partition coefficient (Wildman–Crippen LogP) is 2.53. The quantitative estimate of drug-likeness (QED) is 0.840. The lowest BCUT2D eigenvalue weighted by Crippen LogP contribution is -2.28. The van der Waals surface area contributed by atoms with Crippen molar-refractivity contribution < 1.29 is 4.74 Å². The Morgan fingerprint density at radius 1 is 1.53 bits per heavy atom. The average molecular weight is 255 g/mol. The lowest BCUT2D eigenvalue weighted by atomic mass is 10.1. The molecule has 1 saturated heterocycles. The van der Waals surface area contributed by atoms with Gasteiger partial charge in [0.15, 0.2) is 0 Å². The van der Waals surface area contributed by atoms with Crippen LogP contribution in [-0.2, 0) is 11.3 Å². The van der Waals surface area contributed by atoms with Crippen LogP contribution < -0.4 is 5.73 Å². The van der Waals surface area contributed by atoms with Gasteiger partial charge in [-0.25, -0.2) is 0 Å². The Bertz CT molecular complexity index is 378. The van der Waals surface area contributed by atoms with Crippen LogP contribution in [0.5, 0.6) is 0 Å².